The number of aromatic nitrogens is 1. The van der Waals surface area contributed by atoms with Crippen LogP contribution < -0.4 is 5.56 Å². The van der Waals surface area contributed by atoms with E-state index in [-0.39, 0.29) is 54.8 Å². The standard InChI is InChI=1S/C21H20FN3O5S/c22-17-5-1-2-6-19(17)31(28,29)25-13-11-23(12-14-25)21(27)18-9-8-16(30-18)15-24-10-4-3-7-20(24)26/h1-10H,11-15H2. The van der Waals surface area contributed by atoms with Gasteiger partial charge in [0.15, 0.2) is 5.76 Å². The number of carbonyl (C=O) groups excluding carboxylic acids is 1. The second kappa shape index (κ2) is 8.48. The van der Waals surface area contributed by atoms with Crippen LogP contribution in [0.3, 0.4) is 0 Å². The fourth-order valence-corrected chi connectivity index (χ4v) is 4.90. The van der Waals surface area contributed by atoms with Gasteiger partial charge in [0.2, 0.25) is 10.0 Å². The highest BCUT2D eigenvalue weighted by molar-refractivity contribution is 7.89. The van der Waals surface area contributed by atoms with Crippen LogP contribution in [0.5, 0.6) is 0 Å². The van der Waals surface area contributed by atoms with Gasteiger partial charge in [-0.05, 0) is 30.3 Å². The molecule has 1 aromatic carbocycles. The number of piperazine rings is 1. The number of carbonyl (C=O) groups is 1. The topological polar surface area (TPSA) is 92.8 Å². The highest BCUT2D eigenvalue weighted by Crippen LogP contribution is 2.21. The van der Waals surface area contributed by atoms with Gasteiger partial charge in [-0.25, -0.2) is 12.8 Å². The number of amides is 1. The summed E-state index contributed by atoms with van der Waals surface area (Å²) in [5, 5.41) is 0. The average Bonchev–Trinajstić information content (AvgIpc) is 3.24. The lowest BCUT2D eigenvalue weighted by atomic mass is 10.3. The Labute approximate surface area is 178 Å². The number of hydrogen-bond acceptors (Lipinski definition) is 5. The van der Waals surface area contributed by atoms with Gasteiger partial charge >= 0.3 is 0 Å². The highest BCUT2D eigenvalue weighted by atomic mass is 32.2. The fourth-order valence-electron chi connectivity index (χ4n) is 3.42. The second-order valence-corrected chi connectivity index (χ2v) is 8.97. The van der Waals surface area contributed by atoms with Crippen LogP contribution in [-0.4, -0.2) is 54.3 Å². The fraction of sp³-hybridized carbons (Fsp3) is 0.238. The van der Waals surface area contributed by atoms with Gasteiger partial charge in [0.25, 0.3) is 11.5 Å². The summed E-state index contributed by atoms with van der Waals surface area (Å²) in [6.07, 6.45) is 1.63. The molecule has 3 heterocycles. The highest BCUT2D eigenvalue weighted by Gasteiger charge is 2.32. The summed E-state index contributed by atoms with van der Waals surface area (Å²) in [5.41, 5.74) is -0.182. The molecular weight excluding hydrogens is 425 g/mol. The normalized spacial score (nSPS) is 15.2. The third-order valence-electron chi connectivity index (χ3n) is 5.08. The van der Waals surface area contributed by atoms with Crippen LogP contribution in [0.2, 0.25) is 0 Å². The number of furan rings is 1. The van der Waals surface area contributed by atoms with Crippen LogP contribution >= 0.6 is 0 Å². The van der Waals surface area contributed by atoms with Gasteiger partial charge in [0.1, 0.15) is 16.5 Å². The zero-order valence-electron chi connectivity index (χ0n) is 16.5. The summed E-state index contributed by atoms with van der Waals surface area (Å²) in [4.78, 5) is 25.7. The molecule has 0 spiro atoms. The molecule has 1 amide bonds. The molecule has 0 bridgehead atoms. The molecule has 0 unspecified atom stereocenters. The van der Waals surface area contributed by atoms with Crippen LogP contribution in [-0.2, 0) is 16.6 Å². The summed E-state index contributed by atoms with van der Waals surface area (Å²) >= 11 is 0. The maximum absolute atomic E-state index is 13.9. The monoisotopic (exact) mass is 445 g/mol. The van der Waals surface area contributed by atoms with Crippen molar-refractivity contribution in [3.05, 3.63) is 88.5 Å². The summed E-state index contributed by atoms with van der Waals surface area (Å²) in [6, 6.07) is 13.2. The van der Waals surface area contributed by atoms with Gasteiger partial charge < -0.3 is 13.9 Å². The Morgan fingerprint density at radius 1 is 0.968 bits per heavy atom. The average molecular weight is 445 g/mol. The van der Waals surface area contributed by atoms with E-state index in [0.29, 0.717) is 5.76 Å². The Morgan fingerprint density at radius 3 is 2.39 bits per heavy atom. The van der Waals surface area contributed by atoms with Crippen molar-refractivity contribution < 1.29 is 22.0 Å². The number of sulfonamides is 1. The molecule has 0 N–H and O–H groups in total. The van der Waals surface area contributed by atoms with E-state index in [1.807, 2.05) is 0 Å². The van der Waals surface area contributed by atoms with Gasteiger partial charge in [-0.15, -0.1) is 0 Å². The number of hydrogen-bond donors (Lipinski definition) is 0. The molecule has 4 rings (SSSR count). The minimum Gasteiger partial charge on any atom is -0.454 e. The molecule has 0 aliphatic carbocycles. The zero-order valence-corrected chi connectivity index (χ0v) is 17.3. The molecule has 8 nitrogen and oxygen atoms in total. The molecule has 0 saturated carbocycles. The number of pyridine rings is 1. The first kappa shape index (κ1) is 21.0. The predicted octanol–water partition coefficient (Wildman–Crippen LogP) is 1.78. The molecule has 1 saturated heterocycles. The van der Waals surface area contributed by atoms with Crippen molar-refractivity contribution in [1.82, 2.24) is 13.8 Å². The third kappa shape index (κ3) is 4.30. The molecule has 0 radical (unpaired) electrons. The predicted molar refractivity (Wildman–Crippen MR) is 110 cm³/mol. The zero-order chi connectivity index (χ0) is 22.0. The van der Waals surface area contributed by atoms with E-state index in [4.69, 9.17) is 4.42 Å². The molecular formula is C21H20FN3O5S. The van der Waals surface area contributed by atoms with Crippen molar-refractivity contribution in [3.63, 3.8) is 0 Å². The molecule has 31 heavy (non-hydrogen) atoms. The first-order valence-corrected chi connectivity index (χ1v) is 11.1. The second-order valence-electron chi connectivity index (χ2n) is 7.06. The Bertz CT molecular complexity index is 1260. The minimum atomic E-state index is -3.98. The summed E-state index contributed by atoms with van der Waals surface area (Å²) in [5.74, 6) is -0.599. The van der Waals surface area contributed by atoms with Gasteiger partial charge in [0.05, 0.1) is 6.54 Å². The first-order valence-electron chi connectivity index (χ1n) is 9.64. The molecule has 2 aromatic heterocycles. The van der Waals surface area contributed by atoms with Crippen LogP contribution in [0.25, 0.3) is 0 Å². The van der Waals surface area contributed by atoms with Crippen LogP contribution in [0.1, 0.15) is 16.3 Å². The molecule has 1 aliphatic rings. The smallest absolute Gasteiger partial charge is 0.289 e. The van der Waals surface area contributed by atoms with Crippen molar-refractivity contribution >= 4 is 15.9 Å². The minimum absolute atomic E-state index is 0.0510. The Morgan fingerprint density at radius 2 is 1.68 bits per heavy atom. The van der Waals surface area contributed by atoms with Gasteiger partial charge in [0, 0.05) is 38.4 Å². The number of benzene rings is 1. The van der Waals surface area contributed by atoms with E-state index in [1.165, 1.54) is 44.1 Å². The first-order chi connectivity index (χ1) is 14.9. The van der Waals surface area contributed by atoms with Gasteiger partial charge in [-0.1, -0.05) is 18.2 Å². The number of nitrogens with zero attached hydrogens (tertiary/aromatic N) is 3. The van der Waals surface area contributed by atoms with Crippen molar-refractivity contribution in [2.24, 2.45) is 0 Å². The molecule has 162 valence electrons. The molecule has 0 atom stereocenters. The maximum atomic E-state index is 13.9. The molecule has 1 fully saturated rings. The van der Waals surface area contributed by atoms with Crippen LogP contribution in [0, 0.1) is 5.82 Å². The lowest BCUT2D eigenvalue weighted by Crippen LogP contribution is -2.50. The summed E-state index contributed by atoms with van der Waals surface area (Å²) in [6.45, 7) is 0.605. The quantitative estimate of drug-likeness (QED) is 0.597. The number of rotatable bonds is 5. The van der Waals surface area contributed by atoms with E-state index < -0.39 is 15.8 Å². The van der Waals surface area contributed by atoms with Gasteiger partial charge in [-0.2, -0.15) is 4.31 Å². The molecule has 10 heteroatoms. The van der Waals surface area contributed by atoms with E-state index >= 15 is 0 Å². The Balaban J connectivity index is 1.41. The van der Waals surface area contributed by atoms with E-state index in [1.54, 1.807) is 24.4 Å². The lowest BCUT2D eigenvalue weighted by Gasteiger charge is -2.33. The summed E-state index contributed by atoms with van der Waals surface area (Å²) in [7, 11) is -3.98. The van der Waals surface area contributed by atoms with Crippen LogP contribution in [0.4, 0.5) is 4.39 Å². The van der Waals surface area contributed by atoms with Crippen molar-refractivity contribution in [2.45, 2.75) is 11.4 Å². The Kier molecular flexibility index (Phi) is 5.75. The summed E-state index contributed by atoms with van der Waals surface area (Å²) < 4.78 is 47.6. The van der Waals surface area contributed by atoms with E-state index in [2.05, 4.69) is 0 Å². The van der Waals surface area contributed by atoms with Crippen molar-refractivity contribution in [3.8, 4) is 0 Å². The van der Waals surface area contributed by atoms with Crippen molar-refractivity contribution in [2.75, 3.05) is 26.2 Å². The lowest BCUT2D eigenvalue weighted by molar-refractivity contribution is 0.0663. The maximum Gasteiger partial charge on any atom is 0.289 e. The SMILES string of the molecule is O=C(c1ccc(Cn2ccccc2=O)o1)N1CCN(S(=O)(=O)c2ccccc2F)CC1. The Hall–Kier alpha value is -3.24. The third-order valence-corrected chi connectivity index (χ3v) is 7.01. The van der Waals surface area contributed by atoms with E-state index in [9.17, 15) is 22.4 Å². The van der Waals surface area contributed by atoms with E-state index in [0.717, 1.165) is 6.07 Å². The van der Waals surface area contributed by atoms with Gasteiger partial charge in [-0.3, -0.25) is 9.59 Å². The molecule has 1 aliphatic heterocycles. The van der Waals surface area contributed by atoms with Crippen LogP contribution in [0.15, 0.2) is 74.9 Å². The number of halogens is 1. The van der Waals surface area contributed by atoms with Crippen molar-refractivity contribution in [1.29, 1.82) is 0 Å². The largest absolute Gasteiger partial charge is 0.454 e. The molecule has 3 aromatic rings.